The molecule has 1 saturated heterocycles. The number of pyridine rings is 1. The van der Waals surface area contributed by atoms with Gasteiger partial charge in [0.05, 0.1) is 12.8 Å². The molecule has 1 aromatic heterocycles. The van der Waals surface area contributed by atoms with Gasteiger partial charge in [0.15, 0.2) is 0 Å². The van der Waals surface area contributed by atoms with Crippen molar-refractivity contribution in [3.63, 3.8) is 0 Å². The summed E-state index contributed by atoms with van der Waals surface area (Å²) in [4.78, 5) is 3.93. The Balaban J connectivity index is 1.95. The summed E-state index contributed by atoms with van der Waals surface area (Å²) in [6.45, 7) is 1.58. The first-order chi connectivity index (χ1) is 7.29. The second-order valence-electron chi connectivity index (χ2n) is 3.53. The standard InChI is InChI=1S/C10H13ClN2O2/c11-10-7(5-14)3-9(4-13-10)15-6-8-1-2-12-8/h3-4,8,12,14H,1-2,5-6H2. The summed E-state index contributed by atoms with van der Waals surface area (Å²) in [5, 5.41) is 12.5. The highest BCUT2D eigenvalue weighted by Gasteiger charge is 2.16. The minimum atomic E-state index is -0.120. The predicted octanol–water partition coefficient (Wildman–Crippen LogP) is 0.968. The first-order valence-electron chi connectivity index (χ1n) is 4.91. The Labute approximate surface area is 93.2 Å². The van der Waals surface area contributed by atoms with Crippen LogP contribution >= 0.6 is 11.6 Å². The third kappa shape index (κ3) is 2.59. The van der Waals surface area contributed by atoms with Crippen molar-refractivity contribution in [2.24, 2.45) is 0 Å². The SMILES string of the molecule is OCc1cc(OCC2CCN2)cnc1Cl. The Bertz CT molecular complexity index is 342. The maximum atomic E-state index is 8.99. The van der Waals surface area contributed by atoms with Crippen LogP contribution < -0.4 is 10.1 Å². The monoisotopic (exact) mass is 228 g/mol. The van der Waals surface area contributed by atoms with Gasteiger partial charge in [0.2, 0.25) is 0 Å². The number of nitrogens with one attached hydrogen (secondary N) is 1. The van der Waals surface area contributed by atoms with Gasteiger partial charge in [-0.1, -0.05) is 11.6 Å². The smallest absolute Gasteiger partial charge is 0.138 e. The lowest BCUT2D eigenvalue weighted by Crippen LogP contribution is -2.46. The Morgan fingerprint density at radius 2 is 2.47 bits per heavy atom. The van der Waals surface area contributed by atoms with Gasteiger partial charge < -0.3 is 15.2 Å². The fraction of sp³-hybridized carbons (Fsp3) is 0.500. The lowest BCUT2D eigenvalue weighted by atomic mass is 10.1. The van der Waals surface area contributed by atoms with Crippen molar-refractivity contribution in [1.29, 1.82) is 0 Å². The highest BCUT2D eigenvalue weighted by atomic mass is 35.5. The number of halogens is 1. The molecule has 1 aromatic rings. The second kappa shape index (κ2) is 4.79. The highest BCUT2D eigenvalue weighted by molar-refractivity contribution is 6.30. The molecule has 0 aromatic carbocycles. The molecule has 0 bridgehead atoms. The van der Waals surface area contributed by atoms with Crippen molar-refractivity contribution < 1.29 is 9.84 Å². The number of nitrogens with zero attached hydrogens (tertiary/aromatic N) is 1. The van der Waals surface area contributed by atoms with E-state index in [4.69, 9.17) is 21.4 Å². The van der Waals surface area contributed by atoms with E-state index in [1.165, 1.54) is 0 Å². The van der Waals surface area contributed by atoms with Crippen molar-refractivity contribution in [3.8, 4) is 5.75 Å². The van der Waals surface area contributed by atoms with Gasteiger partial charge in [-0.15, -0.1) is 0 Å². The molecule has 5 heteroatoms. The molecule has 4 nitrogen and oxygen atoms in total. The quantitative estimate of drug-likeness (QED) is 0.754. The molecule has 2 heterocycles. The molecular weight excluding hydrogens is 216 g/mol. The van der Waals surface area contributed by atoms with Gasteiger partial charge in [0.25, 0.3) is 0 Å². The number of hydrogen-bond donors (Lipinski definition) is 2. The van der Waals surface area contributed by atoms with Gasteiger partial charge in [-0.3, -0.25) is 0 Å². The van der Waals surface area contributed by atoms with Crippen molar-refractivity contribution in [2.75, 3.05) is 13.2 Å². The topological polar surface area (TPSA) is 54.4 Å². The molecule has 1 atom stereocenters. The van der Waals surface area contributed by atoms with E-state index in [2.05, 4.69) is 10.3 Å². The van der Waals surface area contributed by atoms with E-state index in [9.17, 15) is 0 Å². The third-order valence-electron chi connectivity index (χ3n) is 2.43. The average molecular weight is 229 g/mol. The van der Waals surface area contributed by atoms with Crippen molar-refractivity contribution in [3.05, 3.63) is 23.0 Å². The molecule has 2 rings (SSSR count). The first-order valence-corrected chi connectivity index (χ1v) is 5.29. The Kier molecular flexibility index (Phi) is 3.41. The maximum absolute atomic E-state index is 8.99. The third-order valence-corrected chi connectivity index (χ3v) is 2.77. The van der Waals surface area contributed by atoms with Crippen LogP contribution in [0.2, 0.25) is 5.15 Å². The van der Waals surface area contributed by atoms with Crippen LogP contribution in [0.25, 0.3) is 0 Å². The Hall–Kier alpha value is -0.840. The van der Waals surface area contributed by atoms with Crippen LogP contribution in [0.4, 0.5) is 0 Å². The minimum Gasteiger partial charge on any atom is -0.490 e. The van der Waals surface area contributed by atoms with E-state index in [1.807, 2.05) is 0 Å². The van der Waals surface area contributed by atoms with Crippen molar-refractivity contribution in [1.82, 2.24) is 10.3 Å². The largest absolute Gasteiger partial charge is 0.490 e. The lowest BCUT2D eigenvalue weighted by Gasteiger charge is -2.27. The first kappa shape index (κ1) is 10.7. The molecule has 0 radical (unpaired) electrons. The van der Waals surface area contributed by atoms with Gasteiger partial charge in [-0.25, -0.2) is 4.98 Å². The van der Waals surface area contributed by atoms with Crippen LogP contribution in [-0.2, 0) is 6.61 Å². The summed E-state index contributed by atoms with van der Waals surface area (Å²) in [5.74, 6) is 0.650. The fourth-order valence-corrected chi connectivity index (χ4v) is 1.51. The van der Waals surface area contributed by atoms with E-state index >= 15 is 0 Å². The van der Waals surface area contributed by atoms with Crippen LogP contribution in [0.1, 0.15) is 12.0 Å². The number of aliphatic hydroxyl groups excluding tert-OH is 1. The molecule has 1 unspecified atom stereocenters. The molecule has 0 amide bonds. The zero-order valence-corrected chi connectivity index (χ0v) is 9.00. The molecule has 0 saturated carbocycles. The number of ether oxygens (including phenoxy) is 1. The van der Waals surface area contributed by atoms with E-state index in [-0.39, 0.29) is 6.61 Å². The number of hydrogen-bond acceptors (Lipinski definition) is 4. The molecule has 15 heavy (non-hydrogen) atoms. The number of aromatic nitrogens is 1. The average Bonchev–Trinajstić information content (AvgIpc) is 2.18. The van der Waals surface area contributed by atoms with E-state index in [0.29, 0.717) is 29.1 Å². The summed E-state index contributed by atoms with van der Waals surface area (Å²) in [6.07, 6.45) is 2.72. The van der Waals surface area contributed by atoms with E-state index in [0.717, 1.165) is 13.0 Å². The molecule has 2 N–H and O–H groups in total. The molecule has 0 aliphatic carbocycles. The van der Waals surface area contributed by atoms with E-state index < -0.39 is 0 Å². The zero-order chi connectivity index (χ0) is 10.7. The fourth-order valence-electron chi connectivity index (χ4n) is 1.35. The summed E-state index contributed by atoms with van der Waals surface area (Å²) < 4.78 is 5.51. The van der Waals surface area contributed by atoms with Gasteiger partial charge in [0.1, 0.15) is 17.5 Å². The summed E-state index contributed by atoms with van der Waals surface area (Å²) in [7, 11) is 0. The van der Waals surface area contributed by atoms with Crippen molar-refractivity contribution >= 4 is 11.6 Å². The van der Waals surface area contributed by atoms with Gasteiger partial charge >= 0.3 is 0 Å². The van der Waals surface area contributed by atoms with Crippen LogP contribution in [0.3, 0.4) is 0 Å². The molecule has 1 fully saturated rings. The Morgan fingerprint density at radius 3 is 3.07 bits per heavy atom. The summed E-state index contributed by atoms with van der Waals surface area (Å²) in [5.41, 5.74) is 0.593. The second-order valence-corrected chi connectivity index (χ2v) is 3.89. The summed E-state index contributed by atoms with van der Waals surface area (Å²) in [6, 6.07) is 2.16. The van der Waals surface area contributed by atoms with Crippen LogP contribution in [-0.4, -0.2) is 29.3 Å². The van der Waals surface area contributed by atoms with Crippen LogP contribution in [0.15, 0.2) is 12.3 Å². The van der Waals surface area contributed by atoms with E-state index in [1.54, 1.807) is 12.3 Å². The van der Waals surface area contributed by atoms with Crippen LogP contribution in [0, 0.1) is 0 Å². The molecule has 0 spiro atoms. The molecule has 1 aliphatic heterocycles. The molecule has 82 valence electrons. The van der Waals surface area contributed by atoms with Crippen LogP contribution in [0.5, 0.6) is 5.75 Å². The highest BCUT2D eigenvalue weighted by Crippen LogP contribution is 2.19. The van der Waals surface area contributed by atoms with Crippen molar-refractivity contribution in [2.45, 2.75) is 19.1 Å². The zero-order valence-electron chi connectivity index (χ0n) is 8.24. The molecule has 1 aliphatic rings. The molecular formula is C10H13ClN2O2. The lowest BCUT2D eigenvalue weighted by molar-refractivity contribution is 0.216. The number of rotatable bonds is 4. The Morgan fingerprint density at radius 1 is 1.67 bits per heavy atom. The predicted molar refractivity (Wildman–Crippen MR) is 57.1 cm³/mol. The normalized spacial score (nSPS) is 19.7. The minimum absolute atomic E-state index is 0.120. The number of aliphatic hydroxyl groups is 1. The van der Waals surface area contributed by atoms with Gasteiger partial charge in [0, 0.05) is 11.6 Å². The summed E-state index contributed by atoms with van der Waals surface area (Å²) >= 11 is 5.76. The van der Waals surface area contributed by atoms with Gasteiger partial charge in [-0.05, 0) is 19.0 Å². The maximum Gasteiger partial charge on any atom is 0.138 e. The van der Waals surface area contributed by atoms with Gasteiger partial charge in [-0.2, -0.15) is 0 Å².